The molecule has 24 heavy (non-hydrogen) atoms. The van der Waals surface area contributed by atoms with Crippen molar-refractivity contribution in [2.75, 3.05) is 0 Å². The maximum Gasteiger partial charge on any atom is 0.258 e. The fourth-order valence-corrected chi connectivity index (χ4v) is 3.95. The number of halogens is 1. The number of aryl methyl sites for hydroxylation is 1. The lowest BCUT2D eigenvalue weighted by Gasteiger charge is -2.06. The number of hydrogen-bond acceptors (Lipinski definition) is 5. The van der Waals surface area contributed by atoms with E-state index in [0.717, 1.165) is 30.4 Å². The van der Waals surface area contributed by atoms with Gasteiger partial charge in [0.2, 0.25) is 0 Å². The maximum atomic E-state index is 12.2. The highest BCUT2D eigenvalue weighted by Crippen LogP contribution is 2.24. The minimum Gasteiger partial charge on any atom is -0.309 e. The van der Waals surface area contributed by atoms with E-state index in [-0.39, 0.29) is 5.56 Å². The summed E-state index contributed by atoms with van der Waals surface area (Å²) in [6.07, 6.45) is 4.54. The Morgan fingerprint density at radius 3 is 3.08 bits per heavy atom. The summed E-state index contributed by atoms with van der Waals surface area (Å²) >= 11 is 7.55. The average Bonchev–Trinajstić information content (AvgIpc) is 2.79. The van der Waals surface area contributed by atoms with Crippen LogP contribution in [0, 0.1) is 0 Å². The minimum atomic E-state index is -0.146. The molecule has 3 heterocycles. The number of H-pyrrole nitrogens is 1. The number of aromatic nitrogens is 5. The Hall–Kier alpha value is -1.86. The van der Waals surface area contributed by atoms with Crippen molar-refractivity contribution in [2.24, 2.45) is 0 Å². The zero-order chi connectivity index (χ0) is 16.5. The number of aromatic amines is 1. The second-order valence-corrected chi connectivity index (χ2v) is 7.20. The zero-order valence-electron chi connectivity index (χ0n) is 13.0. The number of nitrogens with one attached hydrogen (secondary N) is 1. The third kappa shape index (κ3) is 3.06. The van der Waals surface area contributed by atoms with E-state index in [1.165, 1.54) is 12.8 Å². The number of hydrogen-bond donors (Lipinski definition) is 1. The highest BCUT2D eigenvalue weighted by molar-refractivity contribution is 7.98. The summed E-state index contributed by atoms with van der Waals surface area (Å²) in [5.41, 5.74) is 0.467. The van der Waals surface area contributed by atoms with Gasteiger partial charge in [0.15, 0.2) is 5.16 Å². The van der Waals surface area contributed by atoms with Gasteiger partial charge in [0.25, 0.3) is 5.56 Å². The van der Waals surface area contributed by atoms with E-state index in [1.54, 1.807) is 30.0 Å². The topological polar surface area (TPSA) is 76.5 Å². The van der Waals surface area contributed by atoms with E-state index in [2.05, 4.69) is 24.7 Å². The number of nitrogens with zero attached hydrogens (tertiary/aromatic N) is 4. The van der Waals surface area contributed by atoms with Gasteiger partial charge in [-0.15, -0.1) is 10.2 Å². The lowest BCUT2D eigenvalue weighted by atomic mass is 10.2. The van der Waals surface area contributed by atoms with Crippen LogP contribution >= 0.6 is 23.4 Å². The van der Waals surface area contributed by atoms with Gasteiger partial charge in [0, 0.05) is 18.0 Å². The first-order valence-corrected chi connectivity index (χ1v) is 9.30. The van der Waals surface area contributed by atoms with Gasteiger partial charge in [-0.1, -0.05) is 29.8 Å². The SMILES string of the molecule is O=c1[nH]c(CSc2nnc3n2CCCCC3)nc2cc(Cl)ccc12. The third-order valence-electron chi connectivity index (χ3n) is 4.13. The van der Waals surface area contributed by atoms with Gasteiger partial charge in [-0.3, -0.25) is 4.79 Å². The average molecular weight is 362 g/mol. The molecule has 0 fully saturated rings. The summed E-state index contributed by atoms with van der Waals surface area (Å²) < 4.78 is 2.19. The second kappa shape index (κ2) is 6.57. The first-order chi connectivity index (χ1) is 11.7. The summed E-state index contributed by atoms with van der Waals surface area (Å²) in [7, 11) is 0. The van der Waals surface area contributed by atoms with Crippen molar-refractivity contribution in [2.45, 2.75) is 43.1 Å². The van der Waals surface area contributed by atoms with Crippen molar-refractivity contribution >= 4 is 34.3 Å². The Labute approximate surface area is 147 Å². The van der Waals surface area contributed by atoms with E-state index in [1.807, 2.05) is 0 Å². The van der Waals surface area contributed by atoms with E-state index in [9.17, 15) is 4.79 Å². The van der Waals surface area contributed by atoms with Gasteiger partial charge in [-0.05, 0) is 31.0 Å². The van der Waals surface area contributed by atoms with E-state index >= 15 is 0 Å². The lowest BCUT2D eigenvalue weighted by molar-refractivity contribution is 0.591. The molecule has 1 aromatic carbocycles. The van der Waals surface area contributed by atoms with E-state index < -0.39 is 0 Å². The highest BCUT2D eigenvalue weighted by Gasteiger charge is 2.15. The van der Waals surface area contributed by atoms with Crippen LogP contribution in [-0.4, -0.2) is 24.7 Å². The van der Waals surface area contributed by atoms with Gasteiger partial charge in [-0.2, -0.15) is 0 Å². The quantitative estimate of drug-likeness (QED) is 0.725. The number of fused-ring (bicyclic) bond motifs is 2. The molecule has 3 aromatic rings. The van der Waals surface area contributed by atoms with E-state index in [0.29, 0.717) is 27.5 Å². The molecule has 0 unspecified atom stereocenters. The lowest BCUT2D eigenvalue weighted by Crippen LogP contribution is -2.11. The van der Waals surface area contributed by atoms with Gasteiger partial charge in [0.05, 0.1) is 16.7 Å². The molecule has 0 atom stereocenters. The molecule has 8 heteroatoms. The molecule has 4 rings (SSSR count). The predicted octanol–water partition coefficient (Wildman–Crippen LogP) is 3.19. The molecule has 1 aliphatic rings. The van der Waals surface area contributed by atoms with Gasteiger partial charge >= 0.3 is 0 Å². The molecule has 0 aliphatic carbocycles. The number of thioether (sulfide) groups is 1. The van der Waals surface area contributed by atoms with Crippen molar-refractivity contribution in [1.82, 2.24) is 24.7 Å². The first-order valence-electron chi connectivity index (χ1n) is 7.94. The van der Waals surface area contributed by atoms with Crippen molar-refractivity contribution in [3.8, 4) is 0 Å². The molecule has 1 aliphatic heterocycles. The summed E-state index contributed by atoms with van der Waals surface area (Å²) in [6.45, 7) is 0.960. The largest absolute Gasteiger partial charge is 0.309 e. The molecule has 0 bridgehead atoms. The van der Waals surface area contributed by atoms with Gasteiger partial charge < -0.3 is 9.55 Å². The zero-order valence-corrected chi connectivity index (χ0v) is 14.5. The molecule has 6 nitrogen and oxygen atoms in total. The number of rotatable bonds is 3. The Balaban J connectivity index is 1.59. The van der Waals surface area contributed by atoms with Crippen LogP contribution in [0.3, 0.4) is 0 Å². The Morgan fingerprint density at radius 1 is 1.25 bits per heavy atom. The predicted molar refractivity (Wildman–Crippen MR) is 94.5 cm³/mol. The Kier molecular flexibility index (Phi) is 4.28. The van der Waals surface area contributed by atoms with Crippen LogP contribution in [0.1, 0.15) is 30.9 Å². The monoisotopic (exact) mass is 361 g/mol. The summed E-state index contributed by atoms with van der Waals surface area (Å²) in [6, 6.07) is 5.10. The molecular weight excluding hydrogens is 346 g/mol. The van der Waals surface area contributed by atoms with Gasteiger partial charge in [0.1, 0.15) is 11.6 Å². The van der Waals surface area contributed by atoms with Crippen molar-refractivity contribution in [3.63, 3.8) is 0 Å². The summed E-state index contributed by atoms with van der Waals surface area (Å²) in [5.74, 6) is 2.21. The molecule has 1 N–H and O–H groups in total. The maximum absolute atomic E-state index is 12.2. The normalized spacial score (nSPS) is 14.5. The first kappa shape index (κ1) is 15.7. The Morgan fingerprint density at radius 2 is 2.17 bits per heavy atom. The standard InChI is InChI=1S/C16H16ClN5OS/c17-10-5-6-11-12(8-10)18-13(19-15(11)23)9-24-16-21-20-14-4-2-1-3-7-22(14)16/h5-6,8H,1-4,7,9H2,(H,18,19,23). The molecule has 0 saturated heterocycles. The van der Waals surface area contributed by atoms with Crippen LogP contribution in [0.15, 0.2) is 28.2 Å². The van der Waals surface area contributed by atoms with Crippen LogP contribution in [0.25, 0.3) is 10.9 Å². The Bertz CT molecular complexity index is 951. The second-order valence-electron chi connectivity index (χ2n) is 5.82. The third-order valence-corrected chi connectivity index (χ3v) is 5.34. The van der Waals surface area contributed by atoms with Crippen molar-refractivity contribution in [1.29, 1.82) is 0 Å². The van der Waals surface area contributed by atoms with Crippen LogP contribution in [0.4, 0.5) is 0 Å². The molecule has 0 saturated carbocycles. The smallest absolute Gasteiger partial charge is 0.258 e. The van der Waals surface area contributed by atoms with Crippen LogP contribution in [0.5, 0.6) is 0 Å². The van der Waals surface area contributed by atoms with Gasteiger partial charge in [-0.25, -0.2) is 4.98 Å². The fraction of sp³-hybridized carbons (Fsp3) is 0.375. The molecule has 0 amide bonds. The summed E-state index contributed by atoms with van der Waals surface area (Å²) in [5, 5.41) is 10.6. The van der Waals surface area contributed by atoms with Crippen LogP contribution < -0.4 is 5.56 Å². The molecule has 124 valence electrons. The van der Waals surface area contributed by atoms with E-state index in [4.69, 9.17) is 11.6 Å². The number of benzene rings is 1. The molecule has 2 aromatic heterocycles. The molecular formula is C16H16ClN5OS. The minimum absolute atomic E-state index is 0.146. The van der Waals surface area contributed by atoms with Crippen molar-refractivity contribution < 1.29 is 0 Å². The fourth-order valence-electron chi connectivity index (χ4n) is 2.93. The molecule has 0 spiro atoms. The molecule has 0 radical (unpaired) electrons. The van der Waals surface area contributed by atoms with Crippen LogP contribution in [0.2, 0.25) is 5.02 Å². The summed E-state index contributed by atoms with van der Waals surface area (Å²) in [4.78, 5) is 19.5. The van der Waals surface area contributed by atoms with Crippen LogP contribution in [-0.2, 0) is 18.7 Å². The van der Waals surface area contributed by atoms with Crippen molar-refractivity contribution in [3.05, 3.63) is 45.2 Å². The highest BCUT2D eigenvalue weighted by atomic mass is 35.5.